The number of ether oxygens (including phenoxy) is 1. The summed E-state index contributed by atoms with van der Waals surface area (Å²) >= 11 is 1.86. The zero-order valence-electron chi connectivity index (χ0n) is 15.8. The molecule has 6 heteroatoms. The molecule has 2 N–H and O–H groups in total. The number of fused-ring (bicyclic) bond motifs is 2. The lowest BCUT2D eigenvalue weighted by molar-refractivity contribution is -0.0960. The van der Waals surface area contributed by atoms with Crippen LogP contribution >= 0.6 is 11.3 Å². The summed E-state index contributed by atoms with van der Waals surface area (Å²) in [5.41, 5.74) is 8.88. The van der Waals surface area contributed by atoms with Crippen molar-refractivity contribution in [3.05, 3.63) is 57.3 Å². The van der Waals surface area contributed by atoms with Gasteiger partial charge in [0.1, 0.15) is 5.60 Å². The Morgan fingerprint density at radius 2 is 2.00 bits per heavy atom. The van der Waals surface area contributed by atoms with Crippen molar-refractivity contribution in [2.24, 2.45) is 0 Å². The molecule has 0 atom stereocenters. The van der Waals surface area contributed by atoms with Crippen LogP contribution in [0.4, 0.5) is 0 Å². The molecule has 144 valence electrons. The van der Waals surface area contributed by atoms with Crippen LogP contribution in [0.1, 0.15) is 46.1 Å². The first kappa shape index (κ1) is 18.6. The van der Waals surface area contributed by atoms with E-state index < -0.39 is 0 Å². The van der Waals surface area contributed by atoms with Crippen molar-refractivity contribution in [3.8, 4) is 0 Å². The largest absolute Gasteiger partial charge is 0.369 e. The van der Waals surface area contributed by atoms with Crippen molar-refractivity contribution in [2.45, 2.75) is 38.3 Å². The number of amides is 1. The molecule has 0 unspecified atom stereocenters. The Kier molecular flexibility index (Phi) is 5.59. The molecule has 5 nitrogen and oxygen atoms in total. The molecule has 1 amide bonds. The van der Waals surface area contributed by atoms with Crippen LogP contribution in [0.3, 0.4) is 0 Å². The third-order valence-corrected chi connectivity index (χ3v) is 6.72. The van der Waals surface area contributed by atoms with Crippen LogP contribution in [0, 0.1) is 0 Å². The molecule has 0 radical (unpaired) electrons. The zero-order valence-corrected chi connectivity index (χ0v) is 16.6. The number of benzene rings is 1. The monoisotopic (exact) mass is 385 g/mol. The van der Waals surface area contributed by atoms with Gasteiger partial charge >= 0.3 is 0 Å². The Balaban J connectivity index is 1.34. The van der Waals surface area contributed by atoms with Gasteiger partial charge in [0.05, 0.1) is 6.61 Å². The molecule has 4 rings (SSSR count). The number of nitrogens with zero attached hydrogens (tertiary/aromatic N) is 1. The minimum atomic E-state index is -0.0930. The van der Waals surface area contributed by atoms with Gasteiger partial charge in [-0.05, 0) is 54.0 Å². The van der Waals surface area contributed by atoms with Gasteiger partial charge in [-0.3, -0.25) is 15.1 Å². The Morgan fingerprint density at radius 3 is 2.74 bits per heavy atom. The highest BCUT2D eigenvalue weighted by Gasteiger charge is 2.41. The van der Waals surface area contributed by atoms with Gasteiger partial charge in [-0.15, -0.1) is 11.3 Å². The van der Waals surface area contributed by atoms with Gasteiger partial charge in [0.2, 0.25) is 0 Å². The van der Waals surface area contributed by atoms with Gasteiger partial charge < -0.3 is 4.74 Å². The van der Waals surface area contributed by atoms with Gasteiger partial charge in [-0.2, -0.15) is 0 Å². The summed E-state index contributed by atoms with van der Waals surface area (Å²) in [6, 6.07) is 10.2. The smallest absolute Gasteiger partial charge is 0.265 e. The SMILES string of the molecule is CCNNC(=O)c1ccc(CN2CCC3(CC2)OCCc2ccsc23)cc1. The minimum Gasteiger partial charge on any atom is -0.369 e. The molecule has 0 bridgehead atoms. The van der Waals surface area contributed by atoms with E-state index in [1.54, 1.807) is 0 Å². The average Bonchev–Trinajstić information content (AvgIpc) is 3.19. The number of likely N-dealkylation sites (tertiary alicyclic amines) is 1. The molecule has 2 aliphatic heterocycles. The summed E-state index contributed by atoms with van der Waals surface area (Å²) in [6.07, 6.45) is 3.17. The van der Waals surface area contributed by atoms with Gasteiger partial charge in [-0.1, -0.05) is 19.1 Å². The van der Waals surface area contributed by atoms with Gasteiger partial charge in [0.25, 0.3) is 5.91 Å². The van der Waals surface area contributed by atoms with Crippen LogP contribution in [0.5, 0.6) is 0 Å². The molecule has 2 aromatic rings. The standard InChI is InChI=1S/C21H27N3O2S/c1-2-22-23-20(25)18-5-3-16(4-6-18)15-24-11-9-21(10-12-24)19-17(7-13-26-21)8-14-27-19/h3-6,8,14,22H,2,7,9-13,15H2,1H3,(H,23,25). The summed E-state index contributed by atoms with van der Waals surface area (Å²) in [7, 11) is 0. The molecule has 1 aromatic heterocycles. The Hall–Kier alpha value is -1.73. The molecular weight excluding hydrogens is 358 g/mol. The van der Waals surface area contributed by atoms with Crippen LogP contribution < -0.4 is 10.9 Å². The third kappa shape index (κ3) is 3.94. The maximum absolute atomic E-state index is 12.0. The highest BCUT2D eigenvalue weighted by molar-refractivity contribution is 7.10. The normalized spacial score (nSPS) is 19.0. The molecule has 2 aliphatic rings. The second kappa shape index (κ2) is 8.10. The topological polar surface area (TPSA) is 53.6 Å². The fourth-order valence-corrected chi connectivity index (χ4v) is 5.23. The van der Waals surface area contributed by atoms with Crippen molar-refractivity contribution in [3.63, 3.8) is 0 Å². The maximum Gasteiger partial charge on any atom is 0.265 e. The Morgan fingerprint density at radius 1 is 1.22 bits per heavy atom. The van der Waals surface area contributed by atoms with E-state index in [9.17, 15) is 4.79 Å². The Labute approximate surface area is 164 Å². The lowest BCUT2D eigenvalue weighted by Crippen LogP contribution is -2.45. The lowest BCUT2D eigenvalue weighted by atomic mass is 9.85. The van der Waals surface area contributed by atoms with Crippen LogP contribution in [0.25, 0.3) is 0 Å². The van der Waals surface area contributed by atoms with Crippen LogP contribution in [-0.2, 0) is 23.3 Å². The second-order valence-electron chi connectivity index (χ2n) is 7.33. The van der Waals surface area contributed by atoms with Crippen LogP contribution in [0.15, 0.2) is 35.7 Å². The van der Waals surface area contributed by atoms with Crippen molar-refractivity contribution in [2.75, 3.05) is 26.2 Å². The number of carbonyl (C=O) groups is 1. The zero-order chi connectivity index (χ0) is 18.7. The van der Waals surface area contributed by atoms with Crippen molar-refractivity contribution < 1.29 is 9.53 Å². The quantitative estimate of drug-likeness (QED) is 0.777. The third-order valence-electron chi connectivity index (χ3n) is 5.58. The molecular formula is C21H27N3O2S. The van der Waals surface area contributed by atoms with E-state index >= 15 is 0 Å². The van der Waals surface area contributed by atoms with Gasteiger partial charge in [0.15, 0.2) is 0 Å². The summed E-state index contributed by atoms with van der Waals surface area (Å²) in [5, 5.41) is 2.21. The van der Waals surface area contributed by atoms with Gasteiger partial charge in [0, 0.05) is 36.6 Å². The molecule has 0 saturated carbocycles. The first-order valence-electron chi connectivity index (χ1n) is 9.75. The maximum atomic E-state index is 12.0. The second-order valence-corrected chi connectivity index (χ2v) is 8.24. The highest BCUT2D eigenvalue weighted by Crippen LogP contribution is 2.44. The number of rotatable bonds is 5. The van der Waals surface area contributed by atoms with Gasteiger partial charge in [-0.25, -0.2) is 5.43 Å². The predicted octanol–water partition coefficient (Wildman–Crippen LogP) is 3.07. The summed E-state index contributed by atoms with van der Waals surface area (Å²) in [5.74, 6) is -0.0930. The van der Waals surface area contributed by atoms with E-state index in [1.807, 2.05) is 30.4 Å². The summed E-state index contributed by atoms with van der Waals surface area (Å²) < 4.78 is 6.30. The fourth-order valence-electron chi connectivity index (χ4n) is 4.06. The fraction of sp³-hybridized carbons (Fsp3) is 0.476. The molecule has 1 aromatic carbocycles. The van der Waals surface area contributed by atoms with Crippen molar-refractivity contribution in [1.29, 1.82) is 0 Å². The van der Waals surface area contributed by atoms with Crippen LogP contribution in [-0.4, -0.2) is 37.0 Å². The number of nitrogens with one attached hydrogen (secondary N) is 2. The number of thiophene rings is 1. The van der Waals surface area contributed by atoms with E-state index in [0.717, 1.165) is 45.5 Å². The summed E-state index contributed by atoms with van der Waals surface area (Å²) in [6.45, 7) is 6.50. The average molecular weight is 386 g/mol. The molecule has 1 saturated heterocycles. The van der Waals surface area contributed by atoms with Crippen molar-refractivity contribution >= 4 is 17.2 Å². The summed E-state index contributed by atoms with van der Waals surface area (Å²) in [4.78, 5) is 15.9. The number of hydrogen-bond donors (Lipinski definition) is 2. The number of piperidine rings is 1. The first-order chi connectivity index (χ1) is 13.2. The van der Waals surface area contributed by atoms with E-state index in [4.69, 9.17) is 4.74 Å². The minimum absolute atomic E-state index is 0.0491. The Bertz CT molecular complexity index is 779. The molecule has 3 heterocycles. The number of hydrogen-bond acceptors (Lipinski definition) is 5. The van der Waals surface area contributed by atoms with Crippen molar-refractivity contribution in [1.82, 2.24) is 15.8 Å². The number of hydrazine groups is 1. The predicted molar refractivity (Wildman–Crippen MR) is 108 cm³/mol. The molecule has 1 spiro atoms. The lowest BCUT2D eigenvalue weighted by Gasteiger charge is -2.43. The molecule has 0 aliphatic carbocycles. The first-order valence-corrected chi connectivity index (χ1v) is 10.6. The number of carbonyl (C=O) groups excluding carboxylic acids is 1. The van der Waals surface area contributed by atoms with E-state index in [2.05, 4.69) is 39.3 Å². The highest BCUT2D eigenvalue weighted by atomic mass is 32.1. The molecule has 27 heavy (non-hydrogen) atoms. The molecule has 1 fully saturated rings. The van der Waals surface area contributed by atoms with E-state index in [0.29, 0.717) is 12.1 Å². The van der Waals surface area contributed by atoms with E-state index in [1.165, 1.54) is 16.0 Å². The van der Waals surface area contributed by atoms with E-state index in [-0.39, 0.29) is 11.5 Å². The van der Waals surface area contributed by atoms with Crippen LogP contribution in [0.2, 0.25) is 0 Å².